The first kappa shape index (κ1) is 19.5. The molecule has 28 heavy (non-hydrogen) atoms. The maximum absolute atomic E-state index is 12.8. The molecule has 0 aliphatic carbocycles. The molecule has 2 aliphatic rings. The van der Waals surface area contributed by atoms with Crippen molar-refractivity contribution in [3.63, 3.8) is 0 Å². The van der Waals surface area contributed by atoms with E-state index in [0.29, 0.717) is 11.5 Å². The SMILES string of the molecule is CC(C)NC(=O)NC(=O)CN1C(=O)N[C@@](C)(Cc2ccc3c(c2)OCO3)C1=O. The number of fused-ring (bicyclic) bond motifs is 1. The first-order valence-electron chi connectivity index (χ1n) is 8.81. The van der Waals surface area contributed by atoms with Crippen molar-refractivity contribution >= 4 is 23.9 Å². The summed E-state index contributed by atoms with van der Waals surface area (Å²) >= 11 is 0. The largest absolute Gasteiger partial charge is 0.454 e. The summed E-state index contributed by atoms with van der Waals surface area (Å²) < 4.78 is 10.6. The van der Waals surface area contributed by atoms with E-state index in [1.165, 1.54) is 0 Å². The highest BCUT2D eigenvalue weighted by Gasteiger charge is 2.48. The topological polar surface area (TPSA) is 126 Å². The molecule has 1 saturated heterocycles. The lowest BCUT2D eigenvalue weighted by atomic mass is 9.92. The van der Waals surface area contributed by atoms with Gasteiger partial charge in [0.25, 0.3) is 5.91 Å². The number of ether oxygens (including phenoxy) is 2. The Bertz CT molecular complexity index is 839. The second kappa shape index (κ2) is 7.37. The minimum Gasteiger partial charge on any atom is -0.454 e. The van der Waals surface area contributed by atoms with Crippen molar-refractivity contribution in [3.8, 4) is 11.5 Å². The van der Waals surface area contributed by atoms with Gasteiger partial charge in [0, 0.05) is 12.5 Å². The highest BCUT2D eigenvalue weighted by atomic mass is 16.7. The van der Waals surface area contributed by atoms with Gasteiger partial charge in [-0.15, -0.1) is 0 Å². The Hall–Kier alpha value is -3.30. The van der Waals surface area contributed by atoms with Gasteiger partial charge in [0.1, 0.15) is 12.1 Å². The van der Waals surface area contributed by atoms with Crippen molar-refractivity contribution in [2.24, 2.45) is 0 Å². The molecule has 0 bridgehead atoms. The monoisotopic (exact) mass is 390 g/mol. The molecule has 10 heteroatoms. The van der Waals surface area contributed by atoms with Crippen molar-refractivity contribution in [3.05, 3.63) is 23.8 Å². The van der Waals surface area contributed by atoms with Crippen LogP contribution in [0.3, 0.4) is 0 Å². The summed E-state index contributed by atoms with van der Waals surface area (Å²) in [6, 6.07) is 3.74. The molecule has 0 unspecified atom stereocenters. The molecule has 0 radical (unpaired) electrons. The molecule has 0 saturated carbocycles. The Morgan fingerprint density at radius 3 is 2.68 bits per heavy atom. The van der Waals surface area contributed by atoms with E-state index in [1.54, 1.807) is 39.0 Å². The maximum Gasteiger partial charge on any atom is 0.325 e. The predicted octanol–water partition coefficient (Wildman–Crippen LogP) is 0.503. The van der Waals surface area contributed by atoms with E-state index in [2.05, 4.69) is 16.0 Å². The predicted molar refractivity (Wildman–Crippen MR) is 96.7 cm³/mol. The Kier molecular flexibility index (Phi) is 5.12. The molecule has 3 N–H and O–H groups in total. The van der Waals surface area contributed by atoms with E-state index >= 15 is 0 Å². The summed E-state index contributed by atoms with van der Waals surface area (Å²) in [5.74, 6) is -0.109. The molecule has 2 aliphatic heterocycles. The molecule has 3 rings (SSSR count). The lowest BCUT2D eigenvalue weighted by molar-refractivity contribution is -0.134. The molecular weight excluding hydrogens is 368 g/mol. The number of nitrogens with one attached hydrogen (secondary N) is 3. The number of rotatable bonds is 5. The van der Waals surface area contributed by atoms with Crippen molar-refractivity contribution in [1.82, 2.24) is 20.9 Å². The summed E-state index contributed by atoms with van der Waals surface area (Å²) in [7, 11) is 0. The van der Waals surface area contributed by atoms with Crippen LogP contribution in [0.15, 0.2) is 18.2 Å². The molecule has 1 atom stereocenters. The number of hydrogen-bond acceptors (Lipinski definition) is 6. The number of benzene rings is 1. The first-order valence-corrected chi connectivity index (χ1v) is 8.81. The second-order valence-electron chi connectivity index (χ2n) is 7.19. The van der Waals surface area contributed by atoms with Gasteiger partial charge in [0.15, 0.2) is 11.5 Å². The minimum absolute atomic E-state index is 0.138. The Morgan fingerprint density at radius 2 is 1.96 bits per heavy atom. The molecule has 1 fully saturated rings. The average molecular weight is 390 g/mol. The van der Waals surface area contributed by atoms with Crippen LogP contribution in [0.1, 0.15) is 26.3 Å². The quantitative estimate of drug-likeness (QED) is 0.629. The van der Waals surface area contributed by atoms with Crippen LogP contribution >= 0.6 is 0 Å². The number of carbonyl (C=O) groups is 4. The number of nitrogens with zero attached hydrogens (tertiary/aromatic N) is 1. The van der Waals surface area contributed by atoms with Gasteiger partial charge in [0.2, 0.25) is 12.7 Å². The van der Waals surface area contributed by atoms with Gasteiger partial charge in [-0.1, -0.05) is 6.07 Å². The molecule has 1 aromatic carbocycles. The first-order chi connectivity index (χ1) is 13.2. The molecule has 10 nitrogen and oxygen atoms in total. The lowest BCUT2D eigenvalue weighted by Crippen LogP contribution is -2.49. The summed E-state index contributed by atoms with van der Waals surface area (Å²) in [6.45, 7) is 4.65. The Balaban J connectivity index is 1.65. The fraction of sp³-hybridized carbons (Fsp3) is 0.444. The molecule has 6 amide bonds. The Labute approximate surface area is 161 Å². The summed E-state index contributed by atoms with van der Waals surface area (Å²) in [5.41, 5.74) is -0.450. The average Bonchev–Trinajstić information content (AvgIpc) is 3.12. The van der Waals surface area contributed by atoms with Gasteiger partial charge >= 0.3 is 12.1 Å². The van der Waals surface area contributed by atoms with Crippen LogP contribution in [0.25, 0.3) is 0 Å². The molecule has 0 aromatic heterocycles. The van der Waals surface area contributed by atoms with Gasteiger partial charge in [0.05, 0.1) is 0 Å². The highest BCUT2D eigenvalue weighted by Crippen LogP contribution is 2.34. The van der Waals surface area contributed by atoms with Crippen LogP contribution in [-0.4, -0.2) is 53.7 Å². The Morgan fingerprint density at radius 1 is 1.25 bits per heavy atom. The van der Waals surface area contributed by atoms with Gasteiger partial charge in [-0.2, -0.15) is 0 Å². The van der Waals surface area contributed by atoms with E-state index in [9.17, 15) is 19.2 Å². The number of carbonyl (C=O) groups excluding carboxylic acids is 4. The molecule has 1 aromatic rings. The zero-order valence-electron chi connectivity index (χ0n) is 15.8. The van der Waals surface area contributed by atoms with Gasteiger partial charge < -0.3 is 20.1 Å². The molecule has 2 heterocycles. The molecule has 0 spiro atoms. The molecule has 150 valence electrons. The third-order valence-electron chi connectivity index (χ3n) is 4.31. The van der Waals surface area contributed by atoms with Crippen LogP contribution < -0.4 is 25.4 Å². The number of amides is 6. The van der Waals surface area contributed by atoms with Gasteiger partial charge in [-0.05, 0) is 38.5 Å². The van der Waals surface area contributed by atoms with E-state index in [-0.39, 0.29) is 19.3 Å². The van der Waals surface area contributed by atoms with Crippen LogP contribution in [0.4, 0.5) is 9.59 Å². The van der Waals surface area contributed by atoms with Crippen LogP contribution in [0, 0.1) is 0 Å². The van der Waals surface area contributed by atoms with Crippen molar-refractivity contribution < 1.29 is 28.7 Å². The summed E-state index contributed by atoms with van der Waals surface area (Å²) in [4.78, 5) is 49.4. The number of urea groups is 2. The molecular formula is C18H22N4O6. The van der Waals surface area contributed by atoms with E-state index < -0.39 is 36.0 Å². The standard InChI is InChI=1S/C18H22N4O6/c1-10(2)19-16(25)20-14(23)8-22-15(24)18(3,21-17(22)26)7-11-4-5-12-13(6-11)28-9-27-12/h4-6,10H,7-9H2,1-3H3,(H,21,26)(H2,19,20,23,25)/t18-/m0/s1. The van der Waals surface area contributed by atoms with Gasteiger partial charge in [-0.3, -0.25) is 19.8 Å². The van der Waals surface area contributed by atoms with E-state index in [0.717, 1.165) is 10.5 Å². The third-order valence-corrected chi connectivity index (χ3v) is 4.31. The highest BCUT2D eigenvalue weighted by molar-refractivity contribution is 6.09. The minimum atomic E-state index is -1.22. The normalized spacial score (nSPS) is 20.4. The van der Waals surface area contributed by atoms with Gasteiger partial charge in [-0.25, -0.2) is 9.59 Å². The van der Waals surface area contributed by atoms with Crippen LogP contribution in [0.5, 0.6) is 11.5 Å². The number of hydrogen-bond donors (Lipinski definition) is 3. The van der Waals surface area contributed by atoms with Crippen LogP contribution in [-0.2, 0) is 16.0 Å². The van der Waals surface area contributed by atoms with Crippen molar-refractivity contribution in [2.45, 2.75) is 38.8 Å². The van der Waals surface area contributed by atoms with Crippen molar-refractivity contribution in [2.75, 3.05) is 13.3 Å². The lowest BCUT2D eigenvalue weighted by Gasteiger charge is -2.21. The maximum atomic E-state index is 12.8. The van der Waals surface area contributed by atoms with E-state index in [4.69, 9.17) is 9.47 Å². The zero-order chi connectivity index (χ0) is 20.5. The zero-order valence-corrected chi connectivity index (χ0v) is 15.8. The van der Waals surface area contributed by atoms with Crippen LogP contribution in [0.2, 0.25) is 0 Å². The summed E-state index contributed by atoms with van der Waals surface area (Å²) in [6.07, 6.45) is 0.208. The summed E-state index contributed by atoms with van der Waals surface area (Å²) in [5, 5.41) is 7.21. The fourth-order valence-corrected chi connectivity index (χ4v) is 3.08. The van der Waals surface area contributed by atoms with Crippen molar-refractivity contribution in [1.29, 1.82) is 0 Å². The smallest absolute Gasteiger partial charge is 0.325 e. The fourth-order valence-electron chi connectivity index (χ4n) is 3.08. The second-order valence-corrected chi connectivity index (χ2v) is 7.19. The third kappa shape index (κ3) is 4.00. The number of imide groups is 2. The van der Waals surface area contributed by atoms with E-state index in [1.807, 2.05) is 0 Å².